The van der Waals surface area contributed by atoms with Crippen LogP contribution in [-0.4, -0.2) is 25.3 Å². The highest BCUT2D eigenvalue weighted by Gasteiger charge is 2.32. The number of anilines is 1. The number of hydrogen-bond donors (Lipinski definition) is 1. The van der Waals surface area contributed by atoms with Gasteiger partial charge in [0.05, 0.1) is 9.71 Å². The molecule has 9 heteroatoms. The first-order valence-electron chi connectivity index (χ1n) is 6.36. The van der Waals surface area contributed by atoms with Crippen molar-refractivity contribution in [3.63, 3.8) is 0 Å². The molecule has 0 radical (unpaired) electrons. The number of rotatable bonds is 3. The van der Waals surface area contributed by atoms with Crippen LogP contribution in [0.1, 0.15) is 18.2 Å². The van der Waals surface area contributed by atoms with Crippen LogP contribution in [0.5, 0.6) is 0 Å². The molecule has 23 heavy (non-hydrogen) atoms. The van der Waals surface area contributed by atoms with Gasteiger partial charge in [0.2, 0.25) is 0 Å². The summed E-state index contributed by atoms with van der Waals surface area (Å²) >= 11 is 0. The van der Waals surface area contributed by atoms with Crippen LogP contribution < -0.4 is 4.72 Å². The average Bonchev–Trinajstić information content (AvgIpc) is 2.48. The van der Waals surface area contributed by atoms with Crippen LogP contribution in [-0.2, 0) is 15.9 Å². The van der Waals surface area contributed by atoms with E-state index in [4.69, 9.17) is 0 Å². The molecule has 1 atom stereocenters. The molecule has 2 rings (SSSR count). The van der Waals surface area contributed by atoms with E-state index >= 15 is 0 Å². The van der Waals surface area contributed by atoms with Crippen molar-refractivity contribution in [1.29, 1.82) is 0 Å². The zero-order chi connectivity index (χ0) is 17.3. The molecule has 0 bridgehead atoms. The van der Waals surface area contributed by atoms with Crippen LogP contribution in [0.4, 0.5) is 23.4 Å². The smallest absolute Gasteiger partial charge is 0.294 e. The maximum Gasteiger partial charge on any atom is 0.433 e. The van der Waals surface area contributed by atoms with Crippen molar-refractivity contribution < 1.29 is 21.8 Å². The molecule has 0 spiro atoms. The fourth-order valence-corrected chi connectivity index (χ4v) is 2.96. The van der Waals surface area contributed by atoms with Gasteiger partial charge in [0.25, 0.3) is 0 Å². The Morgan fingerprint density at radius 1 is 1.22 bits per heavy atom. The number of pyridine rings is 2. The van der Waals surface area contributed by atoms with E-state index in [9.17, 15) is 21.8 Å². The van der Waals surface area contributed by atoms with Gasteiger partial charge in [-0.2, -0.15) is 13.2 Å². The van der Waals surface area contributed by atoms with Crippen molar-refractivity contribution in [3.05, 3.63) is 53.7 Å². The Balaban J connectivity index is 2.39. The first-order valence-corrected chi connectivity index (χ1v) is 8.32. The molecule has 2 heterocycles. The van der Waals surface area contributed by atoms with Gasteiger partial charge in [-0.25, -0.2) is 13.6 Å². The molecule has 0 aliphatic rings. The number of alkyl halides is 3. The maximum absolute atomic E-state index is 13.6. The maximum atomic E-state index is 13.6. The summed E-state index contributed by atoms with van der Waals surface area (Å²) < 4.78 is 66.2. The van der Waals surface area contributed by atoms with Crippen molar-refractivity contribution in [2.24, 2.45) is 0 Å². The van der Waals surface area contributed by atoms with Gasteiger partial charge in [-0.3, -0.25) is 9.71 Å². The second-order valence-electron chi connectivity index (χ2n) is 4.77. The number of nitrogens with one attached hydrogen (secondary N) is 1. The van der Waals surface area contributed by atoms with E-state index in [1.807, 2.05) is 0 Å². The fraction of sp³-hybridized carbons (Fsp3) is 0.214. The van der Waals surface area contributed by atoms with Gasteiger partial charge in [-0.05, 0) is 25.1 Å². The molecule has 0 aliphatic heterocycles. The summed E-state index contributed by atoms with van der Waals surface area (Å²) in [7, 11) is -2.94. The minimum absolute atomic E-state index is 0.195. The Kier molecular flexibility index (Phi) is 4.60. The lowest BCUT2D eigenvalue weighted by Crippen LogP contribution is -2.21. The van der Waals surface area contributed by atoms with Gasteiger partial charge >= 0.3 is 6.18 Å². The molecule has 1 unspecified atom stereocenters. The van der Waals surface area contributed by atoms with Gasteiger partial charge in [0, 0.05) is 29.1 Å². The molecule has 2 aromatic rings. The van der Waals surface area contributed by atoms with E-state index < -0.39 is 27.4 Å². The number of hydrogen-bond acceptors (Lipinski definition) is 3. The second kappa shape index (κ2) is 6.15. The second-order valence-corrected chi connectivity index (χ2v) is 7.27. The molecule has 0 aromatic carbocycles. The molecule has 0 saturated heterocycles. The van der Waals surface area contributed by atoms with E-state index in [-0.39, 0.29) is 16.2 Å². The number of aromatic nitrogens is 2. The zero-order valence-corrected chi connectivity index (χ0v) is 13.0. The Labute approximate surface area is 130 Å². The molecular weight excluding hydrogens is 334 g/mol. The van der Waals surface area contributed by atoms with Crippen molar-refractivity contribution in [2.45, 2.75) is 13.1 Å². The van der Waals surface area contributed by atoms with Gasteiger partial charge in [0.1, 0.15) is 5.69 Å². The summed E-state index contributed by atoms with van der Waals surface area (Å²) in [6.07, 6.45) is -0.919. The van der Waals surface area contributed by atoms with Gasteiger partial charge in [-0.1, -0.05) is 6.07 Å². The zero-order valence-electron chi connectivity index (χ0n) is 12.2. The van der Waals surface area contributed by atoms with E-state index in [2.05, 4.69) is 14.7 Å². The third kappa shape index (κ3) is 3.98. The van der Waals surface area contributed by atoms with Crippen molar-refractivity contribution in [2.75, 3.05) is 11.0 Å². The lowest BCUT2D eigenvalue weighted by molar-refractivity contribution is -0.141. The lowest BCUT2D eigenvalue weighted by atomic mass is 10.2. The minimum Gasteiger partial charge on any atom is -0.294 e. The summed E-state index contributed by atoms with van der Waals surface area (Å²) in [4.78, 5) is 7.30. The Hall–Kier alpha value is -2.16. The molecule has 0 saturated carbocycles. The highest BCUT2D eigenvalue weighted by atomic mass is 32.2. The number of nitrogens with zero attached hydrogens (tertiary/aromatic N) is 2. The largest absolute Gasteiger partial charge is 0.433 e. The predicted octanol–water partition coefficient (Wildman–Crippen LogP) is 3.12. The normalized spacial score (nSPS) is 14.2. The van der Waals surface area contributed by atoms with Crippen molar-refractivity contribution >= 4 is 20.4 Å². The molecule has 4 nitrogen and oxygen atoms in total. The first kappa shape index (κ1) is 17.2. The molecule has 0 amide bonds. The van der Waals surface area contributed by atoms with Crippen LogP contribution in [0.15, 0.2) is 36.7 Å². The van der Waals surface area contributed by atoms with Gasteiger partial charge in [0.15, 0.2) is 11.6 Å². The first-order chi connectivity index (χ1) is 10.6. The standard InChI is InChI=1S/C14H13F4N3OS/c1-9(10-5-6-12(20-8-10)14(16,17)18)23(2,22)21-13-11(15)4-3-7-19-13/h3-8H,1-2H3,(H,19,21,22). The highest BCUT2D eigenvalue weighted by molar-refractivity contribution is 8.03. The third-order valence-corrected chi connectivity index (χ3v) is 5.08. The summed E-state index contributed by atoms with van der Waals surface area (Å²) in [5, 5.41) is 0. The summed E-state index contributed by atoms with van der Waals surface area (Å²) in [6.45, 7) is 1.47. The van der Waals surface area contributed by atoms with Crippen LogP contribution in [0.25, 0.3) is 0 Å². The molecule has 0 fully saturated rings. The van der Waals surface area contributed by atoms with Gasteiger partial charge < -0.3 is 0 Å². The lowest BCUT2D eigenvalue weighted by Gasteiger charge is -2.14. The quantitative estimate of drug-likeness (QED) is 0.527. The van der Waals surface area contributed by atoms with Crippen LogP contribution in [0, 0.1) is 5.82 Å². The van der Waals surface area contributed by atoms with Crippen LogP contribution >= 0.6 is 0 Å². The fourth-order valence-electron chi connectivity index (χ4n) is 1.72. The van der Waals surface area contributed by atoms with E-state index in [1.54, 1.807) is 0 Å². The molecule has 1 N–H and O–H groups in total. The number of halogens is 4. The van der Waals surface area contributed by atoms with E-state index in [0.717, 1.165) is 18.3 Å². The highest BCUT2D eigenvalue weighted by Crippen LogP contribution is 2.27. The Bertz CT molecular complexity index is 825. The van der Waals surface area contributed by atoms with Crippen molar-refractivity contribution in [3.8, 4) is 0 Å². The monoisotopic (exact) mass is 347 g/mol. The van der Waals surface area contributed by atoms with Crippen molar-refractivity contribution in [1.82, 2.24) is 9.97 Å². The summed E-state index contributed by atoms with van der Waals surface area (Å²) in [5.41, 5.74) is -0.783. The minimum atomic E-state index is -4.55. The van der Waals surface area contributed by atoms with Crippen LogP contribution in [0.2, 0.25) is 0 Å². The Morgan fingerprint density at radius 2 is 1.91 bits per heavy atom. The average molecular weight is 347 g/mol. The molecule has 2 aromatic heterocycles. The van der Waals surface area contributed by atoms with E-state index in [1.165, 1.54) is 31.5 Å². The summed E-state index contributed by atoms with van der Waals surface area (Å²) in [5.74, 6) is -0.875. The Morgan fingerprint density at radius 3 is 2.43 bits per heavy atom. The molecular formula is C14H13F4N3OS. The SMILES string of the molecule is CC(c1ccc(C(F)(F)F)nc1)=S(C)(=O)Nc1ncccc1F. The molecule has 0 aliphatic carbocycles. The van der Waals surface area contributed by atoms with E-state index in [0.29, 0.717) is 0 Å². The topological polar surface area (TPSA) is 54.9 Å². The van der Waals surface area contributed by atoms with Gasteiger partial charge in [-0.15, -0.1) is 0 Å². The third-order valence-electron chi connectivity index (χ3n) is 3.09. The summed E-state index contributed by atoms with van der Waals surface area (Å²) in [6, 6.07) is 4.51. The molecule has 124 valence electrons. The predicted molar refractivity (Wildman–Crippen MR) is 80.9 cm³/mol. The van der Waals surface area contributed by atoms with Crippen LogP contribution in [0.3, 0.4) is 0 Å².